The highest BCUT2D eigenvalue weighted by Crippen LogP contribution is 2.25. The Bertz CT molecular complexity index is 546. The Morgan fingerprint density at radius 3 is 2.48 bits per heavy atom. The summed E-state index contributed by atoms with van der Waals surface area (Å²) >= 11 is 0. The van der Waals surface area contributed by atoms with Crippen molar-refractivity contribution in [2.45, 2.75) is 25.3 Å². The first kappa shape index (κ1) is 17.8. The number of carbonyl (C=O) groups is 2. The number of hydrogen-bond donors (Lipinski definition) is 1. The van der Waals surface area contributed by atoms with Crippen LogP contribution >= 0.6 is 12.4 Å². The third-order valence-corrected chi connectivity index (χ3v) is 4.75. The Morgan fingerprint density at radius 2 is 1.83 bits per heavy atom. The Kier molecular flexibility index (Phi) is 6.02. The zero-order valence-corrected chi connectivity index (χ0v) is 14.2. The Morgan fingerprint density at radius 1 is 1.17 bits per heavy atom. The van der Waals surface area contributed by atoms with Crippen LogP contribution in [0.1, 0.15) is 19.3 Å². The fraction of sp³-hybridized carbons (Fsp3) is 0.529. The maximum atomic E-state index is 12.7. The van der Waals surface area contributed by atoms with Crippen molar-refractivity contribution in [3.05, 3.63) is 30.3 Å². The SMILES string of the molecule is CN(C(=O)C1CCNCC1)C1CCN(c2ccccc2)C1=O.Cl. The lowest BCUT2D eigenvalue weighted by atomic mass is 9.96. The van der Waals surface area contributed by atoms with E-state index in [0.29, 0.717) is 13.0 Å². The highest BCUT2D eigenvalue weighted by atomic mass is 35.5. The van der Waals surface area contributed by atoms with Crippen molar-refractivity contribution in [1.82, 2.24) is 10.2 Å². The maximum Gasteiger partial charge on any atom is 0.249 e. The van der Waals surface area contributed by atoms with Crippen molar-refractivity contribution >= 4 is 29.9 Å². The summed E-state index contributed by atoms with van der Waals surface area (Å²) in [6.45, 7) is 2.45. The molecule has 2 fully saturated rings. The van der Waals surface area contributed by atoms with E-state index < -0.39 is 0 Å². The van der Waals surface area contributed by atoms with Crippen molar-refractivity contribution in [3.8, 4) is 0 Å². The van der Waals surface area contributed by atoms with Crippen molar-refractivity contribution in [1.29, 1.82) is 0 Å². The molecule has 1 N–H and O–H groups in total. The molecule has 2 heterocycles. The van der Waals surface area contributed by atoms with E-state index in [9.17, 15) is 9.59 Å². The van der Waals surface area contributed by atoms with Crippen LogP contribution in [0.15, 0.2) is 30.3 Å². The summed E-state index contributed by atoms with van der Waals surface area (Å²) in [5.74, 6) is 0.218. The van der Waals surface area contributed by atoms with Gasteiger partial charge in [0.25, 0.3) is 0 Å². The van der Waals surface area contributed by atoms with E-state index in [-0.39, 0.29) is 36.2 Å². The number of nitrogens with one attached hydrogen (secondary N) is 1. The summed E-state index contributed by atoms with van der Waals surface area (Å²) in [5.41, 5.74) is 0.915. The number of benzene rings is 1. The minimum Gasteiger partial charge on any atom is -0.333 e. The normalized spacial score (nSPS) is 21.9. The number of nitrogens with zero attached hydrogens (tertiary/aromatic N) is 2. The monoisotopic (exact) mass is 337 g/mol. The Balaban J connectivity index is 0.00000192. The van der Waals surface area contributed by atoms with Crippen LogP contribution < -0.4 is 10.2 Å². The smallest absolute Gasteiger partial charge is 0.249 e. The van der Waals surface area contributed by atoms with Gasteiger partial charge >= 0.3 is 0 Å². The molecule has 3 rings (SSSR count). The number of amides is 2. The summed E-state index contributed by atoms with van der Waals surface area (Å²) in [5, 5.41) is 3.27. The summed E-state index contributed by atoms with van der Waals surface area (Å²) in [7, 11) is 1.78. The topological polar surface area (TPSA) is 52.7 Å². The molecule has 23 heavy (non-hydrogen) atoms. The number of carbonyl (C=O) groups excluding carboxylic acids is 2. The van der Waals surface area contributed by atoms with Crippen LogP contribution in [0, 0.1) is 5.92 Å². The van der Waals surface area contributed by atoms with E-state index in [2.05, 4.69) is 5.32 Å². The van der Waals surface area contributed by atoms with E-state index in [1.807, 2.05) is 30.3 Å². The number of rotatable bonds is 3. The van der Waals surface area contributed by atoms with E-state index >= 15 is 0 Å². The molecule has 2 saturated heterocycles. The second-order valence-electron chi connectivity index (χ2n) is 6.10. The predicted molar refractivity (Wildman–Crippen MR) is 92.8 cm³/mol. The molecular weight excluding hydrogens is 314 g/mol. The number of likely N-dealkylation sites (N-methyl/N-ethyl adjacent to an activating group) is 1. The first-order valence-corrected chi connectivity index (χ1v) is 8.02. The molecule has 2 aliphatic rings. The van der Waals surface area contributed by atoms with Crippen LogP contribution in [0.25, 0.3) is 0 Å². The van der Waals surface area contributed by atoms with Gasteiger partial charge in [-0.05, 0) is 44.5 Å². The number of para-hydroxylation sites is 1. The molecule has 0 spiro atoms. The molecule has 1 aromatic rings. The third kappa shape index (κ3) is 3.67. The van der Waals surface area contributed by atoms with E-state index in [0.717, 1.165) is 31.6 Å². The molecule has 5 nitrogen and oxygen atoms in total. The molecule has 1 unspecified atom stereocenters. The minimum absolute atomic E-state index is 0. The first-order valence-electron chi connectivity index (χ1n) is 8.02. The zero-order valence-electron chi connectivity index (χ0n) is 13.4. The van der Waals surface area contributed by atoms with E-state index in [1.54, 1.807) is 16.8 Å². The lowest BCUT2D eigenvalue weighted by Gasteiger charge is -2.30. The fourth-order valence-electron chi connectivity index (χ4n) is 3.40. The van der Waals surface area contributed by atoms with Crippen LogP contribution in [-0.2, 0) is 9.59 Å². The number of anilines is 1. The van der Waals surface area contributed by atoms with Gasteiger partial charge < -0.3 is 15.1 Å². The molecule has 0 bridgehead atoms. The maximum absolute atomic E-state index is 12.7. The molecule has 0 saturated carbocycles. The number of hydrogen-bond acceptors (Lipinski definition) is 3. The van der Waals surface area contributed by atoms with Crippen LogP contribution in [0.5, 0.6) is 0 Å². The van der Waals surface area contributed by atoms with Gasteiger partial charge in [-0.25, -0.2) is 0 Å². The van der Waals surface area contributed by atoms with Gasteiger partial charge in [0.05, 0.1) is 0 Å². The second-order valence-corrected chi connectivity index (χ2v) is 6.10. The van der Waals surface area contributed by atoms with Crippen molar-refractivity contribution in [2.75, 3.05) is 31.6 Å². The summed E-state index contributed by atoms with van der Waals surface area (Å²) in [6, 6.07) is 9.36. The molecule has 0 radical (unpaired) electrons. The average molecular weight is 338 g/mol. The summed E-state index contributed by atoms with van der Waals surface area (Å²) in [6.07, 6.45) is 2.44. The van der Waals surface area contributed by atoms with Gasteiger partial charge in [-0.15, -0.1) is 12.4 Å². The van der Waals surface area contributed by atoms with Gasteiger partial charge in [-0.3, -0.25) is 9.59 Å². The number of halogens is 1. The van der Waals surface area contributed by atoms with Crippen LogP contribution in [0.3, 0.4) is 0 Å². The molecule has 126 valence electrons. The molecule has 0 aliphatic carbocycles. The zero-order chi connectivity index (χ0) is 15.5. The van der Waals surface area contributed by atoms with Crippen molar-refractivity contribution in [2.24, 2.45) is 5.92 Å². The fourth-order valence-corrected chi connectivity index (χ4v) is 3.40. The van der Waals surface area contributed by atoms with E-state index in [1.165, 1.54) is 0 Å². The molecular formula is C17H24ClN3O2. The van der Waals surface area contributed by atoms with Crippen LogP contribution in [0.2, 0.25) is 0 Å². The van der Waals surface area contributed by atoms with E-state index in [4.69, 9.17) is 0 Å². The first-order chi connectivity index (χ1) is 10.7. The average Bonchev–Trinajstić information content (AvgIpc) is 2.96. The summed E-state index contributed by atoms with van der Waals surface area (Å²) in [4.78, 5) is 28.7. The lowest BCUT2D eigenvalue weighted by molar-refractivity contribution is -0.140. The quantitative estimate of drug-likeness (QED) is 0.913. The standard InChI is InChI=1S/C17H23N3O2.ClH/c1-19(16(21)13-7-10-18-11-8-13)15-9-12-20(17(15)22)14-5-3-2-4-6-14;/h2-6,13,15,18H,7-12H2,1H3;1H. The van der Waals surface area contributed by atoms with Crippen LogP contribution in [-0.4, -0.2) is 49.4 Å². The largest absolute Gasteiger partial charge is 0.333 e. The predicted octanol–water partition coefficient (Wildman–Crippen LogP) is 1.67. The van der Waals surface area contributed by atoms with Gasteiger partial charge in [-0.1, -0.05) is 18.2 Å². The van der Waals surface area contributed by atoms with Gasteiger partial charge in [-0.2, -0.15) is 0 Å². The second kappa shape index (κ2) is 7.79. The van der Waals surface area contributed by atoms with Gasteiger partial charge in [0.2, 0.25) is 11.8 Å². The van der Waals surface area contributed by atoms with Gasteiger partial charge in [0.1, 0.15) is 6.04 Å². The molecule has 6 heteroatoms. The third-order valence-electron chi connectivity index (χ3n) is 4.75. The highest BCUT2D eigenvalue weighted by Gasteiger charge is 2.38. The lowest BCUT2D eigenvalue weighted by Crippen LogP contribution is -2.47. The molecule has 2 aliphatic heterocycles. The van der Waals surface area contributed by atoms with Gasteiger partial charge in [0, 0.05) is 25.2 Å². The van der Waals surface area contributed by atoms with Crippen molar-refractivity contribution in [3.63, 3.8) is 0 Å². The van der Waals surface area contributed by atoms with Crippen molar-refractivity contribution < 1.29 is 9.59 Å². The Hall–Kier alpha value is -1.59. The molecule has 0 aromatic heterocycles. The summed E-state index contributed by atoms with van der Waals surface area (Å²) < 4.78 is 0. The van der Waals surface area contributed by atoms with Crippen LogP contribution in [0.4, 0.5) is 5.69 Å². The Labute approximate surface area is 143 Å². The molecule has 1 atom stereocenters. The number of piperidine rings is 1. The van der Waals surface area contributed by atoms with Gasteiger partial charge in [0.15, 0.2) is 0 Å². The highest BCUT2D eigenvalue weighted by molar-refractivity contribution is 6.01. The molecule has 2 amide bonds. The molecule has 1 aromatic carbocycles. The minimum atomic E-state index is -0.317.